The van der Waals surface area contributed by atoms with Crippen molar-refractivity contribution in [2.24, 2.45) is 5.92 Å². The average molecular weight is 308 g/mol. The van der Waals surface area contributed by atoms with E-state index in [2.05, 4.69) is 5.32 Å². The van der Waals surface area contributed by atoms with Crippen LogP contribution in [0, 0.1) is 5.92 Å². The topological polar surface area (TPSA) is 12.0 Å². The molecule has 0 saturated heterocycles. The lowest BCUT2D eigenvalue weighted by Gasteiger charge is -2.34. The van der Waals surface area contributed by atoms with Crippen LogP contribution in [0.4, 0.5) is 8.78 Å². The van der Waals surface area contributed by atoms with Crippen molar-refractivity contribution < 1.29 is 8.78 Å². The van der Waals surface area contributed by atoms with Crippen molar-refractivity contribution >= 4 is 23.2 Å². The molecule has 0 bridgehead atoms. The second-order valence-electron chi connectivity index (χ2n) is 5.10. The SMILES string of the molecule is CNC(c1cccc(Cl)c1Cl)C1CCC(F)(F)CC1. The highest BCUT2D eigenvalue weighted by atomic mass is 35.5. The van der Waals surface area contributed by atoms with E-state index in [1.54, 1.807) is 6.07 Å². The zero-order chi connectivity index (χ0) is 14.0. The molecule has 1 aromatic rings. The van der Waals surface area contributed by atoms with Crippen molar-refractivity contribution in [1.82, 2.24) is 5.32 Å². The van der Waals surface area contributed by atoms with E-state index in [9.17, 15) is 8.78 Å². The molecule has 1 unspecified atom stereocenters. The van der Waals surface area contributed by atoms with Crippen LogP contribution in [0.15, 0.2) is 18.2 Å². The molecular formula is C14H17Cl2F2N. The van der Waals surface area contributed by atoms with Crippen LogP contribution in [0.25, 0.3) is 0 Å². The van der Waals surface area contributed by atoms with Gasteiger partial charge in [-0.25, -0.2) is 8.78 Å². The van der Waals surface area contributed by atoms with Crippen LogP contribution < -0.4 is 5.32 Å². The number of hydrogen-bond acceptors (Lipinski definition) is 1. The molecule has 1 aliphatic rings. The van der Waals surface area contributed by atoms with Gasteiger partial charge in [0.2, 0.25) is 5.92 Å². The van der Waals surface area contributed by atoms with Crippen molar-refractivity contribution in [1.29, 1.82) is 0 Å². The van der Waals surface area contributed by atoms with Gasteiger partial charge in [-0.05, 0) is 37.4 Å². The first kappa shape index (κ1) is 15.0. The maximum absolute atomic E-state index is 13.2. The molecule has 1 aromatic carbocycles. The van der Waals surface area contributed by atoms with E-state index in [0.717, 1.165) is 5.56 Å². The Morgan fingerprint density at radius 2 is 1.89 bits per heavy atom. The summed E-state index contributed by atoms with van der Waals surface area (Å²) in [6, 6.07) is 5.45. The van der Waals surface area contributed by atoms with Gasteiger partial charge in [0.1, 0.15) is 0 Å². The van der Waals surface area contributed by atoms with Gasteiger partial charge in [-0.2, -0.15) is 0 Å². The molecule has 5 heteroatoms. The summed E-state index contributed by atoms with van der Waals surface area (Å²) in [6.45, 7) is 0. The highest BCUT2D eigenvalue weighted by molar-refractivity contribution is 6.42. The van der Waals surface area contributed by atoms with E-state index in [-0.39, 0.29) is 24.8 Å². The zero-order valence-corrected chi connectivity index (χ0v) is 12.2. The first-order chi connectivity index (χ1) is 8.94. The Hall–Kier alpha value is -0.380. The summed E-state index contributed by atoms with van der Waals surface area (Å²) in [5.74, 6) is -2.34. The van der Waals surface area contributed by atoms with Gasteiger partial charge in [0.15, 0.2) is 0 Å². The molecule has 1 aliphatic carbocycles. The maximum Gasteiger partial charge on any atom is 0.248 e. The summed E-state index contributed by atoms with van der Waals surface area (Å²) in [5, 5.41) is 4.21. The lowest BCUT2D eigenvalue weighted by molar-refractivity contribution is -0.0495. The largest absolute Gasteiger partial charge is 0.313 e. The summed E-state index contributed by atoms with van der Waals surface area (Å²) >= 11 is 12.2. The fraction of sp³-hybridized carbons (Fsp3) is 0.571. The van der Waals surface area contributed by atoms with Gasteiger partial charge < -0.3 is 5.32 Å². The minimum absolute atomic E-state index is 0.0256. The molecule has 1 saturated carbocycles. The zero-order valence-electron chi connectivity index (χ0n) is 10.7. The number of rotatable bonds is 3. The van der Waals surface area contributed by atoms with Crippen LogP contribution in [0.5, 0.6) is 0 Å². The standard InChI is InChI=1S/C14H17Cl2F2N/c1-19-13(9-5-7-14(17,18)8-6-9)10-3-2-4-11(15)12(10)16/h2-4,9,13,19H,5-8H2,1H3. The number of halogens is 4. The highest BCUT2D eigenvalue weighted by Crippen LogP contribution is 2.43. The molecule has 0 aromatic heterocycles. The minimum Gasteiger partial charge on any atom is -0.313 e. The molecule has 0 aliphatic heterocycles. The Bertz CT molecular complexity index is 441. The Kier molecular flexibility index (Phi) is 4.70. The lowest BCUT2D eigenvalue weighted by atomic mass is 9.79. The molecular weight excluding hydrogens is 291 g/mol. The van der Waals surface area contributed by atoms with E-state index < -0.39 is 5.92 Å². The molecule has 1 N–H and O–H groups in total. The lowest BCUT2D eigenvalue weighted by Crippen LogP contribution is -2.32. The molecule has 0 amide bonds. The number of hydrogen-bond donors (Lipinski definition) is 1. The fourth-order valence-electron chi connectivity index (χ4n) is 2.80. The molecule has 1 nitrogen and oxygen atoms in total. The van der Waals surface area contributed by atoms with Crippen LogP contribution in [-0.2, 0) is 0 Å². The van der Waals surface area contributed by atoms with Crippen molar-refractivity contribution in [3.63, 3.8) is 0 Å². The van der Waals surface area contributed by atoms with Gasteiger partial charge in [-0.1, -0.05) is 35.3 Å². The van der Waals surface area contributed by atoms with Crippen LogP contribution in [0.3, 0.4) is 0 Å². The van der Waals surface area contributed by atoms with Crippen LogP contribution in [0.2, 0.25) is 10.0 Å². The van der Waals surface area contributed by atoms with Gasteiger partial charge in [0.05, 0.1) is 10.0 Å². The Labute approximate surface area is 122 Å². The van der Waals surface area contributed by atoms with Crippen molar-refractivity contribution in [3.8, 4) is 0 Å². The number of benzene rings is 1. The smallest absolute Gasteiger partial charge is 0.248 e. The summed E-state index contributed by atoms with van der Waals surface area (Å²) in [6.07, 6.45) is 0.908. The van der Waals surface area contributed by atoms with Gasteiger partial charge in [-0.3, -0.25) is 0 Å². The minimum atomic E-state index is -2.51. The second-order valence-corrected chi connectivity index (χ2v) is 5.89. The van der Waals surface area contributed by atoms with Crippen molar-refractivity contribution in [2.45, 2.75) is 37.6 Å². The normalized spacial score (nSPS) is 21.3. The average Bonchev–Trinajstić information content (AvgIpc) is 2.37. The van der Waals surface area contributed by atoms with Gasteiger partial charge in [0, 0.05) is 18.9 Å². The molecule has 106 valence electrons. The van der Waals surface area contributed by atoms with Crippen LogP contribution >= 0.6 is 23.2 Å². The molecule has 1 atom stereocenters. The highest BCUT2D eigenvalue weighted by Gasteiger charge is 2.38. The molecule has 2 rings (SSSR count). The quantitative estimate of drug-likeness (QED) is 0.821. The molecule has 0 spiro atoms. The molecule has 0 radical (unpaired) electrons. The van der Waals surface area contributed by atoms with Gasteiger partial charge in [0.25, 0.3) is 0 Å². The third kappa shape index (κ3) is 3.39. The Morgan fingerprint density at radius 3 is 2.47 bits per heavy atom. The summed E-state index contributed by atoms with van der Waals surface area (Å²) in [4.78, 5) is 0. The summed E-state index contributed by atoms with van der Waals surface area (Å²) in [7, 11) is 1.83. The van der Waals surface area contributed by atoms with Gasteiger partial charge >= 0.3 is 0 Å². The Balaban J connectivity index is 2.19. The first-order valence-corrected chi connectivity index (χ1v) is 7.19. The van der Waals surface area contributed by atoms with E-state index in [4.69, 9.17) is 23.2 Å². The predicted molar refractivity (Wildman–Crippen MR) is 75.2 cm³/mol. The molecule has 0 heterocycles. The fourth-order valence-corrected chi connectivity index (χ4v) is 3.23. The van der Waals surface area contributed by atoms with Gasteiger partial charge in [-0.15, -0.1) is 0 Å². The monoisotopic (exact) mass is 307 g/mol. The first-order valence-electron chi connectivity index (χ1n) is 6.43. The molecule has 1 fully saturated rings. The third-order valence-electron chi connectivity index (χ3n) is 3.86. The second kappa shape index (κ2) is 5.94. The maximum atomic E-state index is 13.2. The number of nitrogens with one attached hydrogen (secondary N) is 1. The van der Waals surface area contributed by atoms with Crippen molar-refractivity contribution in [3.05, 3.63) is 33.8 Å². The van der Waals surface area contributed by atoms with E-state index in [1.165, 1.54) is 0 Å². The predicted octanol–water partition coefficient (Wildman–Crippen LogP) is 5.08. The van der Waals surface area contributed by atoms with E-state index in [0.29, 0.717) is 22.9 Å². The summed E-state index contributed by atoms with van der Waals surface area (Å²) in [5.41, 5.74) is 0.895. The van der Waals surface area contributed by atoms with E-state index in [1.807, 2.05) is 19.2 Å². The van der Waals surface area contributed by atoms with Crippen LogP contribution in [0.1, 0.15) is 37.3 Å². The van der Waals surface area contributed by atoms with Crippen molar-refractivity contribution in [2.75, 3.05) is 7.05 Å². The Morgan fingerprint density at radius 1 is 1.26 bits per heavy atom. The summed E-state index contributed by atoms with van der Waals surface area (Å²) < 4.78 is 26.4. The third-order valence-corrected chi connectivity index (χ3v) is 4.69. The number of alkyl halides is 2. The molecule has 19 heavy (non-hydrogen) atoms. The van der Waals surface area contributed by atoms with E-state index >= 15 is 0 Å². The van der Waals surface area contributed by atoms with Crippen LogP contribution in [-0.4, -0.2) is 13.0 Å².